The third-order valence-corrected chi connectivity index (χ3v) is 7.11. The van der Waals surface area contributed by atoms with Crippen molar-refractivity contribution in [3.63, 3.8) is 0 Å². The summed E-state index contributed by atoms with van der Waals surface area (Å²) in [5, 5.41) is 0. The molecule has 0 radical (unpaired) electrons. The molecule has 0 N–H and O–H groups in total. The van der Waals surface area contributed by atoms with Crippen LogP contribution in [0.5, 0.6) is 5.75 Å². The van der Waals surface area contributed by atoms with E-state index in [-0.39, 0.29) is 11.3 Å². The van der Waals surface area contributed by atoms with Crippen molar-refractivity contribution in [3.8, 4) is 5.75 Å². The number of fused-ring (bicyclic) bond motifs is 3. The van der Waals surface area contributed by atoms with Gasteiger partial charge in [0.05, 0.1) is 12.2 Å². The molecular weight excluding hydrogens is 350 g/mol. The zero-order valence-electron chi connectivity index (χ0n) is 16.0. The number of hydrogen-bond acceptors (Lipinski definition) is 4. The zero-order chi connectivity index (χ0) is 18.7. The average Bonchev–Trinajstić information content (AvgIpc) is 3.35. The summed E-state index contributed by atoms with van der Waals surface area (Å²) in [5.74, 6) is 2.74. The lowest BCUT2D eigenvalue weighted by Gasteiger charge is -2.52. The van der Waals surface area contributed by atoms with E-state index < -0.39 is 0 Å². The lowest BCUT2D eigenvalue weighted by Crippen LogP contribution is -2.62. The minimum atomic E-state index is 0.138. The summed E-state index contributed by atoms with van der Waals surface area (Å²) < 4.78 is 6.04. The van der Waals surface area contributed by atoms with E-state index in [2.05, 4.69) is 33.0 Å². The monoisotopic (exact) mass is 375 g/mol. The van der Waals surface area contributed by atoms with Gasteiger partial charge in [-0.1, -0.05) is 18.2 Å². The molecule has 1 spiro atoms. The third-order valence-electron chi connectivity index (χ3n) is 7.11. The van der Waals surface area contributed by atoms with Crippen LogP contribution in [0.1, 0.15) is 35.2 Å². The lowest BCUT2D eigenvalue weighted by molar-refractivity contribution is 0.0697. The first-order valence-electron chi connectivity index (χ1n) is 10.4. The molecule has 4 aliphatic rings. The van der Waals surface area contributed by atoms with Gasteiger partial charge in [0.2, 0.25) is 0 Å². The highest BCUT2D eigenvalue weighted by molar-refractivity contribution is 5.99. The van der Waals surface area contributed by atoms with Crippen molar-refractivity contribution in [2.24, 2.45) is 11.3 Å². The molecule has 2 aromatic rings. The number of ether oxygens (including phenoxy) is 1. The van der Waals surface area contributed by atoms with Gasteiger partial charge in [-0.15, -0.1) is 0 Å². The van der Waals surface area contributed by atoms with E-state index in [1.807, 2.05) is 18.2 Å². The van der Waals surface area contributed by atoms with Crippen LogP contribution in [0.4, 0.5) is 5.82 Å². The molecule has 1 aromatic heterocycles. The van der Waals surface area contributed by atoms with Crippen molar-refractivity contribution in [3.05, 3.63) is 53.7 Å². The molecule has 5 nitrogen and oxygen atoms in total. The maximum absolute atomic E-state index is 13.3. The number of aromatic nitrogens is 1. The minimum absolute atomic E-state index is 0.138. The summed E-state index contributed by atoms with van der Waals surface area (Å²) in [7, 11) is 0. The largest absolute Gasteiger partial charge is 0.493 e. The summed E-state index contributed by atoms with van der Waals surface area (Å²) >= 11 is 0. The molecule has 5 heteroatoms. The number of piperidine rings is 1. The first-order chi connectivity index (χ1) is 13.7. The highest BCUT2D eigenvalue weighted by Crippen LogP contribution is 2.44. The Morgan fingerprint density at radius 2 is 2.04 bits per heavy atom. The van der Waals surface area contributed by atoms with Crippen molar-refractivity contribution < 1.29 is 9.53 Å². The fourth-order valence-electron chi connectivity index (χ4n) is 5.74. The molecule has 4 heterocycles. The smallest absolute Gasteiger partial charge is 0.257 e. The Balaban J connectivity index is 1.22. The summed E-state index contributed by atoms with van der Waals surface area (Å²) in [6, 6.07) is 12.6. The van der Waals surface area contributed by atoms with Crippen molar-refractivity contribution in [1.29, 1.82) is 0 Å². The van der Waals surface area contributed by atoms with Gasteiger partial charge >= 0.3 is 0 Å². The minimum Gasteiger partial charge on any atom is -0.493 e. The number of rotatable bonds is 2. The number of para-hydroxylation sites is 1. The Labute approximate surface area is 165 Å². The molecule has 0 unspecified atom stereocenters. The molecular formula is C23H25N3O2. The average molecular weight is 375 g/mol. The van der Waals surface area contributed by atoms with Gasteiger partial charge in [-0.2, -0.15) is 0 Å². The van der Waals surface area contributed by atoms with Crippen molar-refractivity contribution in [1.82, 2.24) is 9.88 Å². The fourth-order valence-corrected chi connectivity index (χ4v) is 5.74. The van der Waals surface area contributed by atoms with Crippen LogP contribution >= 0.6 is 0 Å². The van der Waals surface area contributed by atoms with Gasteiger partial charge in [0, 0.05) is 37.3 Å². The Morgan fingerprint density at radius 1 is 1.14 bits per heavy atom. The maximum atomic E-state index is 13.3. The number of nitrogens with zero attached hydrogens (tertiary/aromatic N) is 3. The molecule has 2 saturated heterocycles. The Bertz CT molecular complexity index is 937. The van der Waals surface area contributed by atoms with E-state index in [0.717, 1.165) is 56.2 Å². The molecule has 1 aliphatic carbocycles. The molecule has 2 atom stereocenters. The van der Waals surface area contributed by atoms with Crippen LogP contribution < -0.4 is 9.64 Å². The standard InChI is InChI=1S/C23H25N3O2/c27-22(26-12-16-7-8-18(26)10-16)19-5-3-9-24-21(19)25-13-23(14-25)11-17-4-1-2-6-20(17)28-15-23/h1-6,9,16,18H,7-8,10-15H2/t16-,18+/m0/s1. The van der Waals surface area contributed by atoms with E-state index in [4.69, 9.17) is 4.74 Å². The number of amides is 1. The van der Waals surface area contributed by atoms with E-state index in [9.17, 15) is 4.79 Å². The second-order valence-electron chi connectivity index (χ2n) is 9.09. The topological polar surface area (TPSA) is 45.7 Å². The number of hydrogen-bond donors (Lipinski definition) is 0. The summed E-state index contributed by atoms with van der Waals surface area (Å²) in [6.07, 6.45) is 6.47. The van der Waals surface area contributed by atoms with Crippen molar-refractivity contribution >= 4 is 11.7 Å². The molecule has 3 aliphatic heterocycles. The number of carbonyl (C=O) groups is 1. The highest BCUT2D eigenvalue weighted by atomic mass is 16.5. The van der Waals surface area contributed by atoms with Crippen LogP contribution in [0.2, 0.25) is 0 Å². The lowest BCUT2D eigenvalue weighted by atomic mass is 9.74. The fraction of sp³-hybridized carbons (Fsp3) is 0.478. The molecule has 6 rings (SSSR count). The van der Waals surface area contributed by atoms with Gasteiger partial charge in [0.1, 0.15) is 11.6 Å². The molecule has 28 heavy (non-hydrogen) atoms. The van der Waals surface area contributed by atoms with Crippen LogP contribution in [0.3, 0.4) is 0 Å². The number of pyridine rings is 1. The SMILES string of the molecule is O=C(c1cccnc1N1CC2(COc3ccccc3C2)C1)N1C[C@H]2CC[C@@H]1C2. The van der Waals surface area contributed by atoms with Gasteiger partial charge in [-0.3, -0.25) is 4.79 Å². The van der Waals surface area contributed by atoms with Crippen molar-refractivity contribution in [2.45, 2.75) is 31.7 Å². The number of carbonyl (C=O) groups excluding carboxylic acids is 1. The Morgan fingerprint density at radius 3 is 2.86 bits per heavy atom. The number of benzene rings is 1. The Hall–Kier alpha value is -2.56. The molecule has 1 aromatic carbocycles. The van der Waals surface area contributed by atoms with E-state index in [1.165, 1.54) is 18.4 Å². The summed E-state index contributed by atoms with van der Waals surface area (Å²) in [6.45, 7) is 3.45. The molecule has 3 fully saturated rings. The van der Waals surface area contributed by atoms with Crippen molar-refractivity contribution in [2.75, 3.05) is 31.1 Å². The van der Waals surface area contributed by atoms with E-state index in [0.29, 0.717) is 12.0 Å². The maximum Gasteiger partial charge on any atom is 0.257 e. The van der Waals surface area contributed by atoms with Gasteiger partial charge in [0.15, 0.2) is 0 Å². The van der Waals surface area contributed by atoms with Crippen LogP contribution in [0.15, 0.2) is 42.6 Å². The summed E-state index contributed by atoms with van der Waals surface area (Å²) in [4.78, 5) is 22.2. The molecule has 1 saturated carbocycles. The summed E-state index contributed by atoms with van der Waals surface area (Å²) in [5.41, 5.74) is 2.19. The molecule has 2 bridgehead atoms. The first kappa shape index (κ1) is 16.4. The predicted octanol–water partition coefficient (Wildman–Crippen LogP) is 3.15. The first-order valence-corrected chi connectivity index (χ1v) is 10.4. The second kappa shape index (κ2) is 5.97. The predicted molar refractivity (Wildman–Crippen MR) is 107 cm³/mol. The van der Waals surface area contributed by atoms with Crippen LogP contribution in [0, 0.1) is 11.3 Å². The number of anilines is 1. The quantitative estimate of drug-likeness (QED) is 0.809. The van der Waals surface area contributed by atoms with Gasteiger partial charge in [-0.05, 0) is 55.4 Å². The highest BCUT2D eigenvalue weighted by Gasteiger charge is 2.48. The van der Waals surface area contributed by atoms with Crippen LogP contribution in [0.25, 0.3) is 0 Å². The number of likely N-dealkylation sites (tertiary alicyclic amines) is 1. The van der Waals surface area contributed by atoms with E-state index in [1.54, 1.807) is 6.20 Å². The van der Waals surface area contributed by atoms with Gasteiger partial charge in [0.25, 0.3) is 5.91 Å². The second-order valence-corrected chi connectivity index (χ2v) is 9.09. The van der Waals surface area contributed by atoms with Crippen LogP contribution in [-0.2, 0) is 6.42 Å². The molecule has 1 amide bonds. The normalized spacial score (nSPS) is 26.7. The van der Waals surface area contributed by atoms with E-state index >= 15 is 0 Å². The zero-order valence-corrected chi connectivity index (χ0v) is 16.0. The third kappa shape index (κ3) is 2.45. The Kier molecular flexibility index (Phi) is 3.49. The van der Waals surface area contributed by atoms with Gasteiger partial charge < -0.3 is 14.5 Å². The molecule has 144 valence electrons. The van der Waals surface area contributed by atoms with Gasteiger partial charge in [-0.25, -0.2) is 4.98 Å². The van der Waals surface area contributed by atoms with Crippen LogP contribution in [-0.4, -0.2) is 48.1 Å².